The van der Waals surface area contributed by atoms with Gasteiger partial charge >= 0.3 is 0 Å². The van der Waals surface area contributed by atoms with Gasteiger partial charge in [0.15, 0.2) is 6.29 Å². The lowest BCUT2D eigenvalue weighted by Gasteiger charge is -2.10. The first-order valence-corrected chi connectivity index (χ1v) is 7.01. The van der Waals surface area contributed by atoms with Gasteiger partial charge in [-0.05, 0) is 42.8 Å². The fourth-order valence-electron chi connectivity index (χ4n) is 2.27. The van der Waals surface area contributed by atoms with E-state index in [4.69, 9.17) is 4.74 Å². The highest BCUT2D eigenvalue weighted by Gasteiger charge is 2.12. The number of carbonyl (C=O) groups is 1. The van der Waals surface area contributed by atoms with E-state index in [9.17, 15) is 9.59 Å². The first kappa shape index (κ1) is 14.8. The maximum absolute atomic E-state index is 12.5. The van der Waals surface area contributed by atoms with Crippen LogP contribution in [-0.4, -0.2) is 22.8 Å². The second-order valence-electron chi connectivity index (χ2n) is 5.09. The van der Waals surface area contributed by atoms with Crippen LogP contribution in [0.25, 0.3) is 5.65 Å². The van der Waals surface area contributed by atoms with E-state index < -0.39 is 5.56 Å². The van der Waals surface area contributed by atoms with Crippen LogP contribution in [0.3, 0.4) is 0 Å². The maximum atomic E-state index is 12.5. The minimum absolute atomic E-state index is 0.0103. The summed E-state index contributed by atoms with van der Waals surface area (Å²) in [6.07, 6.45) is 2.19. The fraction of sp³-hybridized carbons (Fsp3) is 0.118. The summed E-state index contributed by atoms with van der Waals surface area (Å²) in [7, 11) is 1.58. The van der Waals surface area contributed by atoms with Crippen molar-refractivity contribution in [3.63, 3.8) is 0 Å². The molecule has 0 amide bonds. The number of hydrogen-bond acceptors (Lipinski definition) is 5. The Kier molecular flexibility index (Phi) is 3.80. The van der Waals surface area contributed by atoms with Crippen molar-refractivity contribution in [1.82, 2.24) is 9.38 Å². The molecule has 0 aliphatic rings. The van der Waals surface area contributed by atoms with Gasteiger partial charge in [-0.3, -0.25) is 14.0 Å². The number of benzene rings is 1. The molecule has 0 saturated heterocycles. The maximum Gasteiger partial charge on any atom is 0.270 e. The van der Waals surface area contributed by atoms with Crippen molar-refractivity contribution in [2.24, 2.45) is 0 Å². The van der Waals surface area contributed by atoms with Crippen molar-refractivity contribution in [2.45, 2.75) is 6.92 Å². The lowest BCUT2D eigenvalue weighted by molar-refractivity contribution is 0.112. The second-order valence-corrected chi connectivity index (χ2v) is 5.09. The molecule has 0 aliphatic carbocycles. The Morgan fingerprint density at radius 1 is 1.17 bits per heavy atom. The smallest absolute Gasteiger partial charge is 0.270 e. The van der Waals surface area contributed by atoms with E-state index in [0.717, 1.165) is 5.56 Å². The number of nitrogens with zero attached hydrogens (tertiary/aromatic N) is 2. The van der Waals surface area contributed by atoms with Crippen LogP contribution in [0.2, 0.25) is 0 Å². The van der Waals surface area contributed by atoms with E-state index in [0.29, 0.717) is 23.4 Å². The number of aryl methyl sites for hydroxylation is 1. The first-order valence-electron chi connectivity index (χ1n) is 7.01. The van der Waals surface area contributed by atoms with Gasteiger partial charge in [-0.2, -0.15) is 0 Å². The molecule has 0 bridgehead atoms. The molecule has 3 aromatic rings. The fourth-order valence-corrected chi connectivity index (χ4v) is 2.27. The zero-order valence-electron chi connectivity index (χ0n) is 12.7. The Bertz CT molecular complexity index is 930. The number of fused-ring (bicyclic) bond motifs is 1. The molecule has 0 aliphatic heterocycles. The van der Waals surface area contributed by atoms with E-state index >= 15 is 0 Å². The van der Waals surface area contributed by atoms with Gasteiger partial charge in [-0.1, -0.05) is 6.07 Å². The molecule has 0 saturated carbocycles. The molecular formula is C17H15N3O3. The number of aromatic nitrogens is 2. The van der Waals surface area contributed by atoms with Crippen molar-refractivity contribution in [2.75, 3.05) is 12.4 Å². The normalized spacial score (nSPS) is 10.5. The minimum atomic E-state index is -0.398. The molecular weight excluding hydrogens is 294 g/mol. The summed E-state index contributed by atoms with van der Waals surface area (Å²) in [5, 5.41) is 3.01. The summed E-state index contributed by atoms with van der Waals surface area (Å²) < 4.78 is 6.47. The van der Waals surface area contributed by atoms with Crippen LogP contribution in [0.4, 0.5) is 11.5 Å². The average molecular weight is 309 g/mol. The number of aldehydes is 1. The Labute approximate surface area is 132 Å². The van der Waals surface area contributed by atoms with Gasteiger partial charge in [0.05, 0.1) is 7.11 Å². The number of anilines is 2. The predicted molar refractivity (Wildman–Crippen MR) is 87.9 cm³/mol. The third-order valence-electron chi connectivity index (χ3n) is 3.48. The van der Waals surface area contributed by atoms with Crippen molar-refractivity contribution in [1.29, 1.82) is 0 Å². The Morgan fingerprint density at radius 2 is 1.91 bits per heavy atom. The van der Waals surface area contributed by atoms with Crippen LogP contribution in [0.5, 0.6) is 5.75 Å². The van der Waals surface area contributed by atoms with Crippen molar-refractivity contribution < 1.29 is 9.53 Å². The molecule has 0 fully saturated rings. The minimum Gasteiger partial charge on any atom is -0.497 e. The predicted octanol–water partition coefficient (Wildman–Crippen LogP) is 2.57. The highest BCUT2D eigenvalue weighted by atomic mass is 16.5. The van der Waals surface area contributed by atoms with Crippen molar-refractivity contribution in [3.8, 4) is 5.75 Å². The molecule has 2 aromatic heterocycles. The average Bonchev–Trinajstić information content (AvgIpc) is 2.57. The quantitative estimate of drug-likeness (QED) is 0.750. The van der Waals surface area contributed by atoms with Gasteiger partial charge < -0.3 is 10.1 Å². The molecule has 3 rings (SSSR count). The lowest BCUT2D eigenvalue weighted by atomic mass is 10.2. The molecule has 0 spiro atoms. The summed E-state index contributed by atoms with van der Waals surface area (Å²) in [5.74, 6) is 0.951. The molecule has 2 heterocycles. The number of nitrogens with one attached hydrogen (secondary N) is 1. The molecule has 23 heavy (non-hydrogen) atoms. The molecule has 116 valence electrons. The summed E-state index contributed by atoms with van der Waals surface area (Å²) in [6, 6.07) is 10.7. The molecule has 0 radical (unpaired) electrons. The van der Waals surface area contributed by atoms with Crippen molar-refractivity contribution in [3.05, 3.63) is 64.1 Å². The standard InChI is InChI=1S/C17H15N3O3/c1-11-3-8-15-19-16(14(10-21)17(22)20(15)9-11)18-12-4-6-13(23-2)7-5-12/h3-10,18H,1-2H3. The third kappa shape index (κ3) is 2.78. The summed E-state index contributed by atoms with van der Waals surface area (Å²) in [4.78, 5) is 28.2. The van der Waals surface area contributed by atoms with E-state index in [1.807, 2.05) is 13.0 Å². The Hall–Kier alpha value is -3.15. The zero-order chi connectivity index (χ0) is 16.4. The summed E-state index contributed by atoms with van der Waals surface area (Å²) >= 11 is 0. The molecule has 1 N–H and O–H groups in total. The monoisotopic (exact) mass is 309 g/mol. The number of methoxy groups -OCH3 is 1. The number of ether oxygens (including phenoxy) is 1. The molecule has 1 aromatic carbocycles. The van der Waals surface area contributed by atoms with Gasteiger partial charge in [0, 0.05) is 11.9 Å². The van der Waals surface area contributed by atoms with E-state index in [-0.39, 0.29) is 11.4 Å². The van der Waals surface area contributed by atoms with Crippen LogP contribution in [0.1, 0.15) is 15.9 Å². The van der Waals surface area contributed by atoms with Crippen LogP contribution in [0, 0.1) is 6.92 Å². The summed E-state index contributed by atoms with van der Waals surface area (Å²) in [6.45, 7) is 1.87. The number of carbonyl (C=O) groups excluding carboxylic acids is 1. The summed E-state index contributed by atoms with van der Waals surface area (Å²) in [5.41, 5.74) is 1.68. The largest absolute Gasteiger partial charge is 0.497 e. The molecule has 6 nitrogen and oxygen atoms in total. The number of pyridine rings is 1. The second kappa shape index (κ2) is 5.92. The van der Waals surface area contributed by atoms with Crippen LogP contribution in [-0.2, 0) is 0 Å². The van der Waals surface area contributed by atoms with Crippen LogP contribution in [0.15, 0.2) is 47.4 Å². The van der Waals surface area contributed by atoms with Gasteiger partial charge in [-0.25, -0.2) is 4.98 Å². The molecule has 0 unspecified atom stereocenters. The SMILES string of the molecule is COc1ccc(Nc2nc3ccc(C)cn3c(=O)c2C=O)cc1. The lowest BCUT2D eigenvalue weighted by Crippen LogP contribution is -2.21. The zero-order valence-corrected chi connectivity index (χ0v) is 12.7. The van der Waals surface area contributed by atoms with E-state index in [1.54, 1.807) is 43.6 Å². The molecule has 0 atom stereocenters. The van der Waals surface area contributed by atoms with E-state index in [2.05, 4.69) is 10.3 Å². The van der Waals surface area contributed by atoms with Crippen LogP contribution < -0.4 is 15.6 Å². The van der Waals surface area contributed by atoms with E-state index in [1.165, 1.54) is 4.40 Å². The van der Waals surface area contributed by atoms with Gasteiger partial charge in [0.2, 0.25) is 0 Å². The number of hydrogen-bond donors (Lipinski definition) is 1. The molecule has 6 heteroatoms. The highest BCUT2D eigenvalue weighted by molar-refractivity contribution is 5.84. The Morgan fingerprint density at radius 3 is 2.57 bits per heavy atom. The van der Waals surface area contributed by atoms with Gasteiger partial charge in [-0.15, -0.1) is 0 Å². The van der Waals surface area contributed by atoms with Crippen LogP contribution >= 0.6 is 0 Å². The topological polar surface area (TPSA) is 72.7 Å². The number of rotatable bonds is 4. The first-order chi connectivity index (χ1) is 11.1. The third-order valence-corrected chi connectivity index (χ3v) is 3.48. The van der Waals surface area contributed by atoms with Gasteiger partial charge in [0.1, 0.15) is 22.8 Å². The highest BCUT2D eigenvalue weighted by Crippen LogP contribution is 2.20. The van der Waals surface area contributed by atoms with Gasteiger partial charge in [0.25, 0.3) is 5.56 Å². The van der Waals surface area contributed by atoms with Crippen molar-refractivity contribution >= 4 is 23.4 Å². The Balaban J connectivity index is 2.10.